The van der Waals surface area contributed by atoms with Crippen molar-refractivity contribution in [3.63, 3.8) is 0 Å². The Morgan fingerprint density at radius 3 is 2.80 bits per heavy atom. The first kappa shape index (κ1) is 15.9. The molecule has 1 saturated heterocycles. The molecule has 20 heavy (non-hydrogen) atoms. The van der Waals surface area contributed by atoms with Gasteiger partial charge >= 0.3 is 0 Å². The van der Waals surface area contributed by atoms with Crippen LogP contribution in [0.15, 0.2) is 22.7 Å². The minimum atomic E-state index is -0.362. The van der Waals surface area contributed by atoms with Gasteiger partial charge in [-0.15, -0.1) is 0 Å². The third-order valence-corrected chi connectivity index (χ3v) is 4.81. The summed E-state index contributed by atoms with van der Waals surface area (Å²) in [6, 6.07) is 4.86. The van der Waals surface area contributed by atoms with Crippen LogP contribution in [0.5, 0.6) is 0 Å². The van der Waals surface area contributed by atoms with E-state index in [0.717, 1.165) is 18.4 Å². The molecule has 2 N–H and O–H groups in total. The van der Waals surface area contributed by atoms with Gasteiger partial charge in [0.05, 0.1) is 10.1 Å². The molecule has 1 fully saturated rings. The first-order valence-corrected chi connectivity index (χ1v) is 7.78. The quantitative estimate of drug-likeness (QED) is 0.891. The molecule has 1 aromatic rings. The predicted molar refractivity (Wildman–Crippen MR) is 80.2 cm³/mol. The van der Waals surface area contributed by atoms with Gasteiger partial charge in [-0.3, -0.25) is 0 Å². The van der Waals surface area contributed by atoms with E-state index >= 15 is 0 Å². The van der Waals surface area contributed by atoms with Gasteiger partial charge in [-0.25, -0.2) is 4.39 Å². The van der Waals surface area contributed by atoms with Crippen molar-refractivity contribution in [3.05, 3.63) is 34.1 Å². The summed E-state index contributed by atoms with van der Waals surface area (Å²) in [4.78, 5) is 0. The summed E-state index contributed by atoms with van der Waals surface area (Å²) < 4.78 is 25.4. The highest BCUT2D eigenvalue weighted by atomic mass is 79.9. The Bertz CT molecular complexity index is 444. The summed E-state index contributed by atoms with van der Waals surface area (Å²) >= 11 is 3.29. The molecule has 1 aliphatic heterocycles. The zero-order valence-corrected chi connectivity index (χ0v) is 13.3. The van der Waals surface area contributed by atoms with Gasteiger partial charge in [0.25, 0.3) is 0 Å². The molecule has 0 radical (unpaired) electrons. The van der Waals surface area contributed by atoms with Crippen LogP contribution in [0, 0.1) is 5.82 Å². The van der Waals surface area contributed by atoms with Gasteiger partial charge in [0.1, 0.15) is 5.82 Å². The van der Waals surface area contributed by atoms with Crippen LogP contribution >= 0.6 is 15.9 Å². The molecular weight excluding hydrogens is 325 g/mol. The van der Waals surface area contributed by atoms with E-state index in [1.165, 1.54) is 6.07 Å². The highest BCUT2D eigenvalue weighted by molar-refractivity contribution is 9.10. The van der Waals surface area contributed by atoms with E-state index in [4.69, 9.17) is 15.2 Å². The van der Waals surface area contributed by atoms with Gasteiger partial charge in [0.2, 0.25) is 0 Å². The van der Waals surface area contributed by atoms with E-state index in [2.05, 4.69) is 15.9 Å². The Morgan fingerprint density at radius 2 is 2.15 bits per heavy atom. The fourth-order valence-electron chi connectivity index (χ4n) is 2.76. The highest BCUT2D eigenvalue weighted by Gasteiger charge is 2.39. The third kappa shape index (κ3) is 3.39. The fourth-order valence-corrected chi connectivity index (χ4v) is 3.18. The summed E-state index contributed by atoms with van der Waals surface area (Å²) in [5.41, 5.74) is 6.91. The maximum Gasteiger partial charge on any atom is 0.137 e. The average Bonchev–Trinajstić information content (AvgIpc) is 2.45. The number of nitrogens with two attached hydrogens (primary N) is 1. The minimum absolute atomic E-state index is 0.176. The molecule has 1 aromatic carbocycles. The molecule has 0 aromatic heterocycles. The van der Waals surface area contributed by atoms with Crippen molar-refractivity contribution in [3.8, 4) is 0 Å². The number of benzene rings is 1. The van der Waals surface area contributed by atoms with E-state index in [-0.39, 0.29) is 17.5 Å². The molecule has 2 rings (SSSR count). The summed E-state index contributed by atoms with van der Waals surface area (Å²) in [5, 5.41) is 0. The van der Waals surface area contributed by atoms with Crippen molar-refractivity contribution in [2.75, 3.05) is 19.8 Å². The van der Waals surface area contributed by atoms with Crippen LogP contribution in [-0.2, 0) is 15.9 Å². The maximum atomic E-state index is 13.6. The Kier molecular flexibility index (Phi) is 5.55. The second-order valence-electron chi connectivity index (χ2n) is 5.13. The lowest BCUT2D eigenvalue weighted by Crippen LogP contribution is -2.54. The largest absolute Gasteiger partial charge is 0.381 e. The molecular formula is C15H21BrFNO2. The Balaban J connectivity index is 2.15. The van der Waals surface area contributed by atoms with Crippen LogP contribution in [0.2, 0.25) is 0 Å². The molecule has 1 aliphatic rings. The van der Waals surface area contributed by atoms with E-state index in [9.17, 15) is 4.39 Å². The van der Waals surface area contributed by atoms with Crippen LogP contribution in [0.4, 0.5) is 4.39 Å². The lowest BCUT2D eigenvalue weighted by Gasteiger charge is -2.41. The zero-order chi connectivity index (χ0) is 14.6. The van der Waals surface area contributed by atoms with E-state index in [1.807, 2.05) is 13.0 Å². The summed E-state index contributed by atoms with van der Waals surface area (Å²) in [7, 11) is 0. The monoisotopic (exact) mass is 345 g/mol. The summed E-state index contributed by atoms with van der Waals surface area (Å²) in [5.74, 6) is -0.257. The Morgan fingerprint density at radius 1 is 1.45 bits per heavy atom. The number of rotatable bonds is 5. The van der Waals surface area contributed by atoms with E-state index in [0.29, 0.717) is 30.7 Å². The average molecular weight is 346 g/mol. The molecule has 0 aliphatic carbocycles. The van der Waals surface area contributed by atoms with Gasteiger partial charge in [0.15, 0.2) is 0 Å². The lowest BCUT2D eigenvalue weighted by atomic mass is 9.83. The first-order valence-electron chi connectivity index (χ1n) is 6.99. The van der Waals surface area contributed by atoms with Gasteiger partial charge in [-0.1, -0.05) is 12.1 Å². The summed E-state index contributed by atoms with van der Waals surface area (Å²) in [6.07, 6.45) is 2.15. The van der Waals surface area contributed by atoms with Crippen LogP contribution in [0.25, 0.3) is 0 Å². The van der Waals surface area contributed by atoms with Crippen molar-refractivity contribution in [2.24, 2.45) is 5.73 Å². The number of halogens is 2. The normalized spacial score (nSPS) is 19.8. The highest BCUT2D eigenvalue weighted by Crippen LogP contribution is 2.31. The second kappa shape index (κ2) is 6.98. The standard InChI is InChI=1S/C15H21BrFNO2/c1-2-20-15(6-8-19-9-7-15)13(18)10-11-4-3-5-12(17)14(11)16/h3-5,13H,2,6-10,18H2,1H3. The minimum Gasteiger partial charge on any atom is -0.381 e. The topological polar surface area (TPSA) is 44.5 Å². The summed E-state index contributed by atoms with van der Waals surface area (Å²) in [6.45, 7) is 3.93. The number of hydrogen-bond acceptors (Lipinski definition) is 3. The zero-order valence-electron chi connectivity index (χ0n) is 11.7. The lowest BCUT2D eigenvalue weighted by molar-refractivity contribution is -0.120. The molecule has 1 atom stereocenters. The molecule has 1 unspecified atom stereocenters. The van der Waals surface area contributed by atoms with Crippen molar-refractivity contribution in [1.82, 2.24) is 0 Å². The first-order chi connectivity index (χ1) is 9.59. The molecule has 0 amide bonds. The van der Waals surface area contributed by atoms with Crippen molar-refractivity contribution in [1.29, 1.82) is 0 Å². The maximum absolute atomic E-state index is 13.6. The second-order valence-corrected chi connectivity index (χ2v) is 5.93. The number of hydrogen-bond donors (Lipinski definition) is 1. The molecule has 1 heterocycles. The Hall–Kier alpha value is -0.490. The van der Waals surface area contributed by atoms with Crippen LogP contribution in [0.1, 0.15) is 25.3 Å². The van der Waals surface area contributed by atoms with Gasteiger partial charge in [-0.2, -0.15) is 0 Å². The molecule has 5 heteroatoms. The van der Waals surface area contributed by atoms with Crippen molar-refractivity contribution >= 4 is 15.9 Å². The smallest absolute Gasteiger partial charge is 0.137 e. The van der Waals surface area contributed by atoms with E-state index in [1.54, 1.807) is 6.07 Å². The van der Waals surface area contributed by atoms with Gasteiger partial charge in [-0.05, 0) is 40.9 Å². The van der Waals surface area contributed by atoms with Crippen molar-refractivity contribution < 1.29 is 13.9 Å². The molecule has 0 spiro atoms. The molecule has 0 bridgehead atoms. The number of ether oxygens (including phenoxy) is 2. The SMILES string of the molecule is CCOC1(C(N)Cc2cccc(F)c2Br)CCOCC1. The molecule has 0 saturated carbocycles. The van der Waals surface area contributed by atoms with Gasteiger partial charge in [0, 0.05) is 38.7 Å². The van der Waals surface area contributed by atoms with Crippen LogP contribution < -0.4 is 5.73 Å². The predicted octanol–water partition coefficient (Wildman–Crippen LogP) is 3.04. The third-order valence-electron chi connectivity index (χ3n) is 3.92. The Labute approximate surface area is 127 Å². The van der Waals surface area contributed by atoms with Crippen LogP contribution in [0.3, 0.4) is 0 Å². The van der Waals surface area contributed by atoms with E-state index < -0.39 is 0 Å². The molecule has 112 valence electrons. The fraction of sp³-hybridized carbons (Fsp3) is 0.600. The van der Waals surface area contributed by atoms with Gasteiger partial charge < -0.3 is 15.2 Å². The van der Waals surface area contributed by atoms with Crippen LogP contribution in [-0.4, -0.2) is 31.5 Å². The van der Waals surface area contributed by atoms with Crippen molar-refractivity contribution in [2.45, 2.75) is 37.8 Å². The molecule has 3 nitrogen and oxygen atoms in total.